The summed E-state index contributed by atoms with van der Waals surface area (Å²) in [7, 11) is -3.83. The van der Waals surface area contributed by atoms with Crippen LogP contribution < -0.4 is 4.72 Å². The molecule has 14 heteroatoms. The Hall–Kier alpha value is -3.38. The molecular weight excluding hydrogens is 727 g/mol. The third-order valence-corrected chi connectivity index (χ3v) is 11.2. The minimum Gasteiger partial charge on any atom is -0.392 e. The van der Waals surface area contributed by atoms with E-state index in [1.54, 1.807) is 24.4 Å². The summed E-state index contributed by atoms with van der Waals surface area (Å²) in [6, 6.07) is 24.2. The zero-order chi connectivity index (χ0) is 38.3. The fourth-order valence-electron chi connectivity index (χ4n) is 6.59. The standard InChI is InChI=1S/C41H53N3O10S/c1-31-37(29-44-16-18-48-20-22-50-24-26-52-27-25-51-23-21-49-19-17-44)53-41(54-40(31)35-11-9-33(30-45)10-12-35)36-13-7-32(8-14-36)28-43-55(46,47)38-6-2-4-34-5-3-15-42-39(34)38/h2-15,31,37,40-41,43,45H,16-30H2,1H3/t31-,37+,40+,41?/m0/s1. The number of pyridine rings is 1. The quantitative estimate of drug-likeness (QED) is 0.248. The number of aliphatic hydroxyl groups excluding tert-OH is 1. The van der Waals surface area contributed by atoms with Gasteiger partial charge >= 0.3 is 0 Å². The number of para-hydroxylation sites is 1. The summed E-state index contributed by atoms with van der Waals surface area (Å²) < 4.78 is 71.4. The van der Waals surface area contributed by atoms with E-state index in [2.05, 4.69) is 21.5 Å². The van der Waals surface area contributed by atoms with Crippen LogP contribution in [0, 0.1) is 5.92 Å². The molecular formula is C41H53N3O10S. The Kier molecular flexibility index (Phi) is 15.9. The normalized spacial score (nSPS) is 23.5. The molecule has 0 radical (unpaired) electrons. The largest absolute Gasteiger partial charge is 0.392 e. The number of aromatic nitrogens is 1. The monoisotopic (exact) mass is 779 g/mol. The summed E-state index contributed by atoms with van der Waals surface area (Å²) in [6.45, 7) is 9.24. The summed E-state index contributed by atoms with van der Waals surface area (Å²) >= 11 is 0. The van der Waals surface area contributed by atoms with Gasteiger partial charge in [0.25, 0.3) is 0 Å². The van der Waals surface area contributed by atoms with Gasteiger partial charge < -0.3 is 38.3 Å². The van der Waals surface area contributed by atoms with Gasteiger partial charge in [0.05, 0.1) is 90.4 Å². The maximum absolute atomic E-state index is 13.3. The smallest absolute Gasteiger partial charge is 0.243 e. The predicted molar refractivity (Wildman–Crippen MR) is 206 cm³/mol. The van der Waals surface area contributed by atoms with E-state index in [1.807, 2.05) is 60.7 Å². The zero-order valence-corrected chi connectivity index (χ0v) is 32.2. The third kappa shape index (κ3) is 12.1. The molecule has 2 aliphatic rings. The number of ether oxygens (including phenoxy) is 7. The van der Waals surface area contributed by atoms with Crippen LogP contribution in [0.4, 0.5) is 0 Å². The molecule has 4 atom stereocenters. The molecule has 55 heavy (non-hydrogen) atoms. The Labute approximate surface area is 323 Å². The van der Waals surface area contributed by atoms with Crippen molar-refractivity contribution in [3.63, 3.8) is 0 Å². The van der Waals surface area contributed by atoms with Gasteiger partial charge in [-0.25, -0.2) is 13.1 Å². The lowest BCUT2D eigenvalue weighted by Gasteiger charge is -2.43. The number of nitrogens with one attached hydrogen (secondary N) is 1. The second kappa shape index (κ2) is 21.2. The molecule has 2 saturated heterocycles. The van der Waals surface area contributed by atoms with Crippen LogP contribution in [-0.4, -0.2) is 115 Å². The highest BCUT2D eigenvalue weighted by Crippen LogP contribution is 2.42. The van der Waals surface area contributed by atoms with Crippen molar-refractivity contribution in [3.05, 3.63) is 107 Å². The lowest BCUT2D eigenvalue weighted by atomic mass is 9.90. The average molecular weight is 780 g/mol. The first-order valence-electron chi connectivity index (χ1n) is 19.0. The summed E-state index contributed by atoms with van der Waals surface area (Å²) in [6.07, 6.45) is 0.406. The van der Waals surface area contributed by atoms with Crippen LogP contribution in [0.15, 0.2) is 90.0 Å². The SMILES string of the molecule is C[C@H]1[C@@H](CN2CCOCCOCCOCCOCCOCC2)OC(c2ccc(CNS(=O)(=O)c3cccc4cccnc34)cc2)O[C@H]1c1ccc(CO)cc1. The Morgan fingerprint density at radius 3 is 1.89 bits per heavy atom. The molecule has 0 bridgehead atoms. The van der Waals surface area contributed by atoms with Crippen molar-refractivity contribution >= 4 is 20.9 Å². The van der Waals surface area contributed by atoms with Gasteiger partial charge in [-0.2, -0.15) is 0 Å². The first kappa shape index (κ1) is 41.3. The van der Waals surface area contributed by atoms with E-state index in [-0.39, 0.29) is 36.2 Å². The second-order valence-electron chi connectivity index (χ2n) is 13.6. The van der Waals surface area contributed by atoms with E-state index in [4.69, 9.17) is 33.2 Å². The Bertz CT molecular complexity index is 1820. The van der Waals surface area contributed by atoms with Crippen LogP contribution in [-0.2, 0) is 56.3 Å². The third-order valence-electron chi connectivity index (χ3n) is 9.76. The number of hydrogen-bond acceptors (Lipinski definition) is 12. The molecule has 4 aromatic rings. The molecule has 1 aromatic heterocycles. The van der Waals surface area contributed by atoms with Crippen molar-refractivity contribution in [1.29, 1.82) is 0 Å². The number of nitrogens with zero attached hydrogens (tertiary/aromatic N) is 2. The van der Waals surface area contributed by atoms with Crippen molar-refractivity contribution < 1.29 is 46.7 Å². The highest BCUT2D eigenvalue weighted by Gasteiger charge is 2.39. The molecule has 13 nitrogen and oxygen atoms in total. The maximum atomic E-state index is 13.3. The lowest BCUT2D eigenvalue weighted by molar-refractivity contribution is -0.276. The number of sulfonamides is 1. The predicted octanol–water partition coefficient (Wildman–Crippen LogP) is 4.40. The number of aliphatic hydroxyl groups is 1. The summed E-state index contributed by atoms with van der Waals surface area (Å²) in [5.41, 5.74) is 3.85. The molecule has 0 aliphatic carbocycles. The van der Waals surface area contributed by atoms with E-state index in [9.17, 15) is 13.5 Å². The van der Waals surface area contributed by atoms with Gasteiger partial charge in [-0.1, -0.05) is 73.7 Å². The highest BCUT2D eigenvalue weighted by molar-refractivity contribution is 7.89. The molecule has 6 rings (SSSR count). The number of benzene rings is 3. The number of rotatable bonds is 9. The summed E-state index contributed by atoms with van der Waals surface area (Å²) in [5.74, 6) is -0.0210. The van der Waals surface area contributed by atoms with Gasteiger partial charge in [-0.3, -0.25) is 9.88 Å². The molecule has 298 valence electrons. The minimum absolute atomic E-state index is 0.0210. The van der Waals surface area contributed by atoms with Crippen molar-refractivity contribution in [2.75, 3.05) is 85.7 Å². The summed E-state index contributed by atoms with van der Waals surface area (Å²) in [5, 5.41) is 10.4. The van der Waals surface area contributed by atoms with Gasteiger partial charge in [0.2, 0.25) is 10.0 Å². The van der Waals surface area contributed by atoms with Gasteiger partial charge in [0.15, 0.2) is 6.29 Å². The van der Waals surface area contributed by atoms with E-state index >= 15 is 0 Å². The molecule has 0 spiro atoms. The van der Waals surface area contributed by atoms with Crippen LogP contribution >= 0.6 is 0 Å². The van der Waals surface area contributed by atoms with Gasteiger partial charge in [0, 0.05) is 49.2 Å². The van der Waals surface area contributed by atoms with Crippen LogP contribution in [0.25, 0.3) is 10.9 Å². The molecule has 2 N–H and O–H groups in total. The fraction of sp³-hybridized carbons (Fsp3) is 0.488. The van der Waals surface area contributed by atoms with Crippen LogP contribution in [0.3, 0.4) is 0 Å². The fourth-order valence-corrected chi connectivity index (χ4v) is 7.78. The van der Waals surface area contributed by atoms with E-state index in [0.29, 0.717) is 91.2 Å². The lowest BCUT2D eigenvalue weighted by Crippen LogP contribution is -2.46. The molecule has 1 unspecified atom stereocenters. The number of fused-ring (bicyclic) bond motifs is 1. The van der Waals surface area contributed by atoms with Gasteiger partial charge in [-0.15, -0.1) is 0 Å². The van der Waals surface area contributed by atoms with Crippen LogP contribution in [0.1, 0.15) is 41.6 Å². The Morgan fingerprint density at radius 1 is 0.709 bits per heavy atom. The van der Waals surface area contributed by atoms with Gasteiger partial charge in [-0.05, 0) is 28.8 Å². The molecule has 2 aliphatic heterocycles. The average Bonchev–Trinajstić information content (AvgIpc) is 3.21. The topological polar surface area (TPSA) is 147 Å². The van der Waals surface area contributed by atoms with Crippen molar-refractivity contribution in [3.8, 4) is 0 Å². The first-order chi connectivity index (χ1) is 26.9. The van der Waals surface area contributed by atoms with Crippen LogP contribution in [0.5, 0.6) is 0 Å². The highest BCUT2D eigenvalue weighted by atomic mass is 32.2. The number of hydrogen-bond donors (Lipinski definition) is 2. The van der Waals surface area contributed by atoms with E-state index < -0.39 is 16.3 Å². The van der Waals surface area contributed by atoms with Crippen LogP contribution in [0.2, 0.25) is 0 Å². The molecule has 3 heterocycles. The van der Waals surface area contributed by atoms with Crippen molar-refractivity contribution in [1.82, 2.24) is 14.6 Å². The minimum atomic E-state index is -3.83. The zero-order valence-electron chi connectivity index (χ0n) is 31.4. The van der Waals surface area contributed by atoms with E-state index in [0.717, 1.165) is 27.6 Å². The van der Waals surface area contributed by atoms with Crippen molar-refractivity contribution in [2.45, 2.75) is 43.5 Å². The van der Waals surface area contributed by atoms with E-state index in [1.165, 1.54) is 0 Å². The molecule has 0 saturated carbocycles. The second-order valence-corrected chi connectivity index (χ2v) is 15.3. The van der Waals surface area contributed by atoms with Gasteiger partial charge in [0.1, 0.15) is 4.90 Å². The molecule has 2 fully saturated rings. The molecule has 3 aromatic carbocycles. The van der Waals surface area contributed by atoms with Crippen molar-refractivity contribution in [2.24, 2.45) is 5.92 Å². The first-order valence-corrected chi connectivity index (χ1v) is 20.4. The Morgan fingerprint density at radius 2 is 1.27 bits per heavy atom. The Balaban J connectivity index is 1.14. The summed E-state index contributed by atoms with van der Waals surface area (Å²) in [4.78, 5) is 6.75. The molecule has 0 amide bonds. The maximum Gasteiger partial charge on any atom is 0.243 e.